The van der Waals surface area contributed by atoms with Crippen molar-refractivity contribution in [3.63, 3.8) is 0 Å². The Hall–Kier alpha value is -3.98. The Bertz CT molecular complexity index is 1440. The molecule has 34 heavy (non-hydrogen) atoms. The van der Waals surface area contributed by atoms with Crippen LogP contribution in [-0.4, -0.2) is 34.8 Å². The Kier molecular flexibility index (Phi) is 5.85. The summed E-state index contributed by atoms with van der Waals surface area (Å²) in [5.41, 5.74) is 2.34. The highest BCUT2D eigenvalue weighted by atomic mass is 32.1. The molecule has 1 aliphatic rings. The van der Waals surface area contributed by atoms with Crippen LogP contribution < -0.4 is 15.7 Å². The SMILES string of the molecule is Cc1cc(=O)oc2cc(OCC(=O)Nc3nc4c(s3)CN(C(=O)c3ccccc3)CC4)ccc12. The standard InChI is InChI=1S/C25H21N3O5S/c1-15-11-23(30)33-20-12-17(7-8-18(15)20)32-14-22(29)27-25-26-19-9-10-28(13-21(19)34-25)24(31)16-5-3-2-4-6-16/h2-8,11-12H,9-10,13-14H2,1H3,(H,26,27,29). The van der Waals surface area contributed by atoms with Crippen LogP contribution in [0.5, 0.6) is 5.75 Å². The molecular weight excluding hydrogens is 454 g/mol. The number of benzene rings is 2. The minimum Gasteiger partial charge on any atom is -0.484 e. The lowest BCUT2D eigenvalue weighted by molar-refractivity contribution is -0.118. The van der Waals surface area contributed by atoms with Gasteiger partial charge in [0.05, 0.1) is 12.2 Å². The molecule has 4 aromatic rings. The van der Waals surface area contributed by atoms with Gasteiger partial charge in [-0.15, -0.1) is 0 Å². The number of hydrogen-bond donors (Lipinski definition) is 1. The van der Waals surface area contributed by atoms with E-state index in [2.05, 4.69) is 10.3 Å². The number of thiazole rings is 1. The number of rotatable bonds is 5. The van der Waals surface area contributed by atoms with E-state index in [-0.39, 0.29) is 18.4 Å². The fraction of sp³-hybridized carbons (Fsp3) is 0.200. The van der Waals surface area contributed by atoms with Crippen LogP contribution in [0.3, 0.4) is 0 Å². The van der Waals surface area contributed by atoms with Gasteiger partial charge < -0.3 is 14.1 Å². The van der Waals surface area contributed by atoms with Crippen LogP contribution in [0.1, 0.15) is 26.5 Å². The van der Waals surface area contributed by atoms with Crippen molar-refractivity contribution in [3.8, 4) is 5.75 Å². The highest BCUT2D eigenvalue weighted by Gasteiger charge is 2.25. The van der Waals surface area contributed by atoms with Gasteiger partial charge in [-0.1, -0.05) is 29.5 Å². The lowest BCUT2D eigenvalue weighted by atomic mass is 10.1. The molecule has 0 spiro atoms. The maximum Gasteiger partial charge on any atom is 0.336 e. The van der Waals surface area contributed by atoms with E-state index in [0.29, 0.717) is 41.5 Å². The predicted octanol–water partition coefficient (Wildman–Crippen LogP) is 3.77. The van der Waals surface area contributed by atoms with Gasteiger partial charge in [-0.25, -0.2) is 9.78 Å². The number of fused-ring (bicyclic) bond motifs is 2. The molecule has 0 bridgehead atoms. The van der Waals surface area contributed by atoms with Crippen molar-refractivity contribution in [2.45, 2.75) is 19.9 Å². The smallest absolute Gasteiger partial charge is 0.336 e. The van der Waals surface area contributed by atoms with Gasteiger partial charge in [-0.05, 0) is 36.8 Å². The number of amides is 2. The average Bonchev–Trinajstić information content (AvgIpc) is 3.23. The van der Waals surface area contributed by atoms with Crippen LogP contribution in [0.25, 0.3) is 11.0 Å². The summed E-state index contributed by atoms with van der Waals surface area (Å²) in [6.45, 7) is 2.66. The normalized spacial score (nSPS) is 12.9. The van der Waals surface area contributed by atoms with E-state index in [4.69, 9.17) is 9.15 Å². The lowest BCUT2D eigenvalue weighted by Crippen LogP contribution is -2.35. The highest BCUT2D eigenvalue weighted by molar-refractivity contribution is 7.15. The Labute approximate surface area is 198 Å². The molecular formula is C25H21N3O5S. The Morgan fingerprint density at radius 2 is 2.00 bits per heavy atom. The number of anilines is 1. The zero-order chi connectivity index (χ0) is 23.7. The maximum absolute atomic E-state index is 12.7. The number of nitrogens with one attached hydrogen (secondary N) is 1. The molecule has 2 amide bonds. The Morgan fingerprint density at radius 1 is 1.18 bits per heavy atom. The first-order valence-corrected chi connectivity index (χ1v) is 11.6. The number of aromatic nitrogens is 1. The number of aryl methyl sites for hydroxylation is 1. The minimum atomic E-state index is -0.434. The Morgan fingerprint density at radius 3 is 2.82 bits per heavy atom. The van der Waals surface area contributed by atoms with E-state index in [0.717, 1.165) is 21.5 Å². The van der Waals surface area contributed by atoms with Crippen LogP contribution in [0, 0.1) is 6.92 Å². The van der Waals surface area contributed by atoms with E-state index in [9.17, 15) is 14.4 Å². The van der Waals surface area contributed by atoms with E-state index in [1.165, 1.54) is 17.4 Å². The van der Waals surface area contributed by atoms with Crippen molar-refractivity contribution in [1.29, 1.82) is 0 Å². The topological polar surface area (TPSA) is 102 Å². The first kappa shape index (κ1) is 21.8. The van der Waals surface area contributed by atoms with Gasteiger partial charge in [0.15, 0.2) is 11.7 Å². The highest BCUT2D eigenvalue weighted by Crippen LogP contribution is 2.29. The van der Waals surface area contributed by atoms with Crippen molar-refractivity contribution < 1.29 is 18.7 Å². The summed E-state index contributed by atoms with van der Waals surface area (Å²) < 4.78 is 10.8. The van der Waals surface area contributed by atoms with Gasteiger partial charge >= 0.3 is 5.63 Å². The number of carbonyl (C=O) groups excluding carboxylic acids is 2. The average molecular weight is 476 g/mol. The molecule has 0 saturated carbocycles. The summed E-state index contributed by atoms with van der Waals surface area (Å²) in [5, 5.41) is 4.06. The first-order valence-electron chi connectivity index (χ1n) is 10.8. The van der Waals surface area contributed by atoms with Crippen LogP contribution in [0.2, 0.25) is 0 Å². The van der Waals surface area contributed by atoms with E-state index in [1.54, 1.807) is 35.2 Å². The molecule has 3 heterocycles. The molecule has 0 fully saturated rings. The zero-order valence-corrected chi connectivity index (χ0v) is 19.2. The predicted molar refractivity (Wildman–Crippen MR) is 128 cm³/mol. The number of carbonyl (C=O) groups is 2. The number of hydrogen-bond acceptors (Lipinski definition) is 7. The number of nitrogens with zero attached hydrogens (tertiary/aromatic N) is 2. The third kappa shape index (κ3) is 4.55. The summed E-state index contributed by atoms with van der Waals surface area (Å²) >= 11 is 1.36. The van der Waals surface area contributed by atoms with Gasteiger partial charge in [0.1, 0.15) is 11.3 Å². The Balaban J connectivity index is 1.20. The molecule has 1 aliphatic heterocycles. The second-order valence-corrected chi connectivity index (χ2v) is 9.06. The molecule has 8 nitrogen and oxygen atoms in total. The second-order valence-electron chi connectivity index (χ2n) is 7.97. The summed E-state index contributed by atoms with van der Waals surface area (Å²) in [7, 11) is 0. The molecule has 172 valence electrons. The van der Waals surface area contributed by atoms with Gasteiger partial charge in [-0.2, -0.15) is 0 Å². The molecule has 0 unspecified atom stereocenters. The quantitative estimate of drug-likeness (QED) is 0.441. The van der Waals surface area contributed by atoms with Crippen LogP contribution >= 0.6 is 11.3 Å². The molecule has 2 aromatic carbocycles. The monoisotopic (exact) mass is 475 g/mol. The molecule has 2 aromatic heterocycles. The lowest BCUT2D eigenvalue weighted by Gasteiger charge is -2.26. The zero-order valence-electron chi connectivity index (χ0n) is 18.4. The van der Waals surface area contributed by atoms with Gasteiger partial charge in [0, 0.05) is 40.9 Å². The molecule has 5 rings (SSSR count). The minimum absolute atomic E-state index is 0.0138. The molecule has 1 N–H and O–H groups in total. The second kappa shape index (κ2) is 9.11. The van der Waals surface area contributed by atoms with E-state index >= 15 is 0 Å². The first-order chi connectivity index (χ1) is 16.5. The molecule has 0 atom stereocenters. The van der Waals surface area contributed by atoms with E-state index in [1.807, 2.05) is 25.1 Å². The molecule has 0 aliphatic carbocycles. The largest absolute Gasteiger partial charge is 0.484 e. The summed E-state index contributed by atoms with van der Waals surface area (Å²) in [4.78, 5) is 44.0. The van der Waals surface area contributed by atoms with Crippen molar-refractivity contribution in [3.05, 3.63) is 86.7 Å². The van der Waals surface area contributed by atoms with Crippen LogP contribution in [0.4, 0.5) is 5.13 Å². The fourth-order valence-electron chi connectivity index (χ4n) is 3.88. The van der Waals surface area contributed by atoms with Crippen LogP contribution in [-0.2, 0) is 17.8 Å². The van der Waals surface area contributed by atoms with Crippen LogP contribution in [0.15, 0.2) is 63.8 Å². The van der Waals surface area contributed by atoms with E-state index < -0.39 is 5.63 Å². The molecule has 0 radical (unpaired) electrons. The summed E-state index contributed by atoms with van der Waals surface area (Å²) in [6.07, 6.45) is 0.637. The number of ether oxygens (including phenoxy) is 1. The fourth-order valence-corrected chi connectivity index (χ4v) is 4.92. The van der Waals surface area contributed by atoms with Crippen molar-refractivity contribution in [2.75, 3.05) is 18.5 Å². The summed E-state index contributed by atoms with van der Waals surface area (Å²) in [5.74, 6) is 0.0547. The summed E-state index contributed by atoms with van der Waals surface area (Å²) in [6, 6.07) is 15.7. The van der Waals surface area contributed by atoms with Crippen molar-refractivity contribution >= 4 is 39.3 Å². The van der Waals surface area contributed by atoms with Gasteiger partial charge in [0.2, 0.25) is 0 Å². The molecule has 0 saturated heterocycles. The van der Waals surface area contributed by atoms with Gasteiger partial charge in [-0.3, -0.25) is 14.9 Å². The van der Waals surface area contributed by atoms with Crippen molar-refractivity contribution in [1.82, 2.24) is 9.88 Å². The van der Waals surface area contributed by atoms with Crippen molar-refractivity contribution in [2.24, 2.45) is 0 Å². The van der Waals surface area contributed by atoms with Gasteiger partial charge in [0.25, 0.3) is 11.8 Å². The third-order valence-electron chi connectivity index (χ3n) is 5.58. The third-order valence-corrected chi connectivity index (χ3v) is 6.58. The maximum atomic E-state index is 12.7. The molecule has 9 heteroatoms.